The highest BCUT2D eigenvalue weighted by Gasteiger charge is 2.25. The third kappa shape index (κ3) is 2.09. The minimum atomic E-state index is -1.65. The molecule has 0 unspecified atom stereocenters. The number of aromatic nitrogens is 1. The highest BCUT2D eigenvalue weighted by atomic mass is 79.9. The second-order valence-corrected chi connectivity index (χ2v) is 6.44. The molecule has 0 atom stereocenters. The molecule has 96 valence electrons. The number of halogens is 1. The van der Waals surface area contributed by atoms with E-state index in [0.29, 0.717) is 5.82 Å². The number of rotatable bonds is 2. The van der Waals surface area contributed by atoms with Crippen molar-refractivity contribution in [3.8, 4) is 11.1 Å². The standard InChI is InChI=1S/C11H8BBrN2O2S2/c13-6-4-19-9-7(5-1-2-18-3-5)10(12(16)17)15-11(14)8(6)9/h1-4,16-17H,(H2,14,15). The summed E-state index contributed by atoms with van der Waals surface area (Å²) in [6.07, 6.45) is 0. The maximum atomic E-state index is 9.53. The van der Waals surface area contributed by atoms with E-state index in [4.69, 9.17) is 5.73 Å². The third-order valence-electron chi connectivity index (χ3n) is 2.78. The Kier molecular flexibility index (Phi) is 3.36. The second-order valence-electron chi connectivity index (χ2n) is 3.93. The summed E-state index contributed by atoms with van der Waals surface area (Å²) in [4.78, 5) is 4.15. The van der Waals surface area contributed by atoms with Crippen molar-refractivity contribution in [2.75, 3.05) is 5.73 Å². The van der Waals surface area contributed by atoms with Crippen LogP contribution in [0.3, 0.4) is 0 Å². The molecule has 3 aromatic rings. The molecule has 4 N–H and O–H groups in total. The van der Waals surface area contributed by atoms with E-state index < -0.39 is 7.12 Å². The zero-order chi connectivity index (χ0) is 13.6. The summed E-state index contributed by atoms with van der Waals surface area (Å²) in [7, 11) is -1.65. The summed E-state index contributed by atoms with van der Waals surface area (Å²) < 4.78 is 1.77. The molecule has 0 aliphatic carbocycles. The minimum absolute atomic E-state index is 0.192. The summed E-state index contributed by atoms with van der Waals surface area (Å²) in [5, 5.41) is 25.7. The lowest BCUT2D eigenvalue weighted by atomic mass is 9.80. The molecule has 0 saturated carbocycles. The van der Waals surface area contributed by atoms with Gasteiger partial charge in [-0.3, -0.25) is 0 Å². The van der Waals surface area contributed by atoms with Gasteiger partial charge in [0.25, 0.3) is 0 Å². The van der Waals surface area contributed by atoms with Gasteiger partial charge in [-0.1, -0.05) is 0 Å². The molecule has 0 amide bonds. The van der Waals surface area contributed by atoms with Crippen molar-refractivity contribution in [1.29, 1.82) is 0 Å². The Labute approximate surface area is 125 Å². The molecule has 0 aliphatic rings. The first kappa shape index (κ1) is 13.1. The van der Waals surface area contributed by atoms with Gasteiger partial charge in [0.2, 0.25) is 0 Å². The Morgan fingerprint density at radius 3 is 2.74 bits per heavy atom. The van der Waals surface area contributed by atoms with E-state index in [0.717, 1.165) is 25.7 Å². The number of thiophene rings is 2. The molecule has 19 heavy (non-hydrogen) atoms. The van der Waals surface area contributed by atoms with Gasteiger partial charge in [-0.05, 0) is 38.3 Å². The van der Waals surface area contributed by atoms with Gasteiger partial charge in [0.15, 0.2) is 0 Å². The van der Waals surface area contributed by atoms with Crippen molar-refractivity contribution in [3.63, 3.8) is 0 Å². The van der Waals surface area contributed by atoms with Crippen LogP contribution in [0.15, 0.2) is 26.7 Å². The van der Waals surface area contributed by atoms with Crippen LogP contribution in [0.25, 0.3) is 21.2 Å². The first-order valence-corrected chi connectivity index (χ1v) is 7.96. The highest BCUT2D eigenvalue weighted by molar-refractivity contribution is 9.10. The van der Waals surface area contributed by atoms with Crippen molar-refractivity contribution in [1.82, 2.24) is 4.98 Å². The van der Waals surface area contributed by atoms with Crippen LogP contribution in [-0.2, 0) is 0 Å². The predicted octanol–water partition coefficient (Wildman–Crippen LogP) is 2.05. The number of anilines is 1. The van der Waals surface area contributed by atoms with Crippen LogP contribution in [0.2, 0.25) is 0 Å². The van der Waals surface area contributed by atoms with E-state index in [1.165, 1.54) is 11.3 Å². The van der Waals surface area contributed by atoms with Crippen molar-refractivity contribution < 1.29 is 10.0 Å². The SMILES string of the molecule is Nc1nc(B(O)O)c(-c2ccsc2)c2scc(Br)c12. The van der Waals surface area contributed by atoms with Crippen LogP contribution in [0.4, 0.5) is 5.82 Å². The first-order valence-electron chi connectivity index (χ1n) is 5.34. The van der Waals surface area contributed by atoms with Gasteiger partial charge in [-0.25, -0.2) is 4.98 Å². The summed E-state index contributed by atoms with van der Waals surface area (Å²) in [5.41, 5.74) is 7.75. The lowest BCUT2D eigenvalue weighted by Gasteiger charge is -2.10. The van der Waals surface area contributed by atoms with Crippen LogP contribution < -0.4 is 11.3 Å². The molecular weight excluding hydrogens is 347 g/mol. The molecule has 3 heterocycles. The monoisotopic (exact) mass is 354 g/mol. The van der Waals surface area contributed by atoms with E-state index in [9.17, 15) is 10.0 Å². The van der Waals surface area contributed by atoms with Crippen LogP contribution in [-0.4, -0.2) is 22.2 Å². The van der Waals surface area contributed by atoms with Crippen LogP contribution in [0.5, 0.6) is 0 Å². The smallest absolute Gasteiger partial charge is 0.422 e. The largest absolute Gasteiger partial charge is 0.508 e. The van der Waals surface area contributed by atoms with Gasteiger partial charge in [-0.2, -0.15) is 11.3 Å². The molecule has 0 saturated heterocycles. The van der Waals surface area contributed by atoms with E-state index >= 15 is 0 Å². The molecule has 0 aromatic carbocycles. The number of hydrogen-bond acceptors (Lipinski definition) is 6. The Morgan fingerprint density at radius 1 is 1.32 bits per heavy atom. The number of pyridine rings is 1. The van der Waals surface area contributed by atoms with Gasteiger partial charge in [0.1, 0.15) is 5.82 Å². The zero-order valence-corrected chi connectivity index (χ0v) is 12.7. The summed E-state index contributed by atoms with van der Waals surface area (Å²) >= 11 is 6.49. The summed E-state index contributed by atoms with van der Waals surface area (Å²) in [6, 6.07) is 1.93. The van der Waals surface area contributed by atoms with E-state index in [1.54, 1.807) is 11.3 Å². The fourth-order valence-corrected chi connectivity index (χ4v) is 4.46. The number of hydrogen-bond donors (Lipinski definition) is 3. The number of nitrogens with two attached hydrogens (primary N) is 1. The van der Waals surface area contributed by atoms with Crippen molar-refractivity contribution >= 4 is 67.2 Å². The van der Waals surface area contributed by atoms with Gasteiger partial charge in [0.05, 0.1) is 5.59 Å². The Balaban J connectivity index is 2.45. The first-order chi connectivity index (χ1) is 9.09. The van der Waals surface area contributed by atoms with E-state index in [2.05, 4.69) is 20.9 Å². The predicted molar refractivity (Wildman–Crippen MR) is 84.9 cm³/mol. The second kappa shape index (κ2) is 4.88. The van der Waals surface area contributed by atoms with E-state index in [-0.39, 0.29) is 5.59 Å². The summed E-state index contributed by atoms with van der Waals surface area (Å²) in [6.45, 7) is 0. The van der Waals surface area contributed by atoms with Crippen LogP contribution >= 0.6 is 38.6 Å². The Hall–Kier alpha value is -0.925. The lowest BCUT2D eigenvalue weighted by molar-refractivity contribution is 0.424. The fourth-order valence-electron chi connectivity index (χ4n) is 1.99. The average Bonchev–Trinajstić information content (AvgIpc) is 2.99. The molecule has 3 aromatic heterocycles. The minimum Gasteiger partial charge on any atom is -0.422 e. The van der Waals surface area contributed by atoms with Crippen molar-refractivity contribution in [2.45, 2.75) is 0 Å². The highest BCUT2D eigenvalue weighted by Crippen LogP contribution is 2.39. The molecule has 0 radical (unpaired) electrons. The molecule has 4 nitrogen and oxygen atoms in total. The molecule has 0 fully saturated rings. The number of fused-ring (bicyclic) bond motifs is 1. The molecule has 3 rings (SSSR count). The third-order valence-corrected chi connectivity index (χ3v) is 5.39. The van der Waals surface area contributed by atoms with Gasteiger partial charge >= 0.3 is 7.12 Å². The maximum Gasteiger partial charge on any atom is 0.508 e. The van der Waals surface area contributed by atoms with Gasteiger partial charge < -0.3 is 15.8 Å². The summed E-state index contributed by atoms with van der Waals surface area (Å²) in [5.74, 6) is 0.296. The van der Waals surface area contributed by atoms with Crippen molar-refractivity contribution in [3.05, 3.63) is 26.7 Å². The molecule has 0 bridgehead atoms. The normalized spacial score (nSPS) is 11.1. The molecule has 0 spiro atoms. The average molecular weight is 355 g/mol. The van der Waals surface area contributed by atoms with Gasteiger partial charge in [-0.15, -0.1) is 11.3 Å². The molecular formula is C11H8BBrN2O2S2. The molecule has 8 heteroatoms. The van der Waals surface area contributed by atoms with E-state index in [1.807, 2.05) is 22.2 Å². The van der Waals surface area contributed by atoms with Gasteiger partial charge in [0, 0.05) is 25.5 Å². The van der Waals surface area contributed by atoms with Crippen LogP contribution in [0, 0.1) is 0 Å². The number of nitrogen functional groups attached to an aromatic ring is 1. The Bertz CT molecular complexity index is 743. The molecule has 0 aliphatic heterocycles. The zero-order valence-electron chi connectivity index (χ0n) is 9.50. The lowest BCUT2D eigenvalue weighted by Crippen LogP contribution is -2.35. The quantitative estimate of drug-likeness (QED) is 0.615. The maximum absolute atomic E-state index is 9.53. The number of nitrogens with zero attached hydrogens (tertiary/aromatic N) is 1. The van der Waals surface area contributed by atoms with Crippen molar-refractivity contribution in [2.24, 2.45) is 0 Å². The fraction of sp³-hybridized carbons (Fsp3) is 0. The van der Waals surface area contributed by atoms with Crippen LogP contribution in [0.1, 0.15) is 0 Å². The Morgan fingerprint density at radius 2 is 2.11 bits per heavy atom. The topological polar surface area (TPSA) is 79.4 Å².